The number of hydrogen-bond acceptors (Lipinski definition) is 8. The fraction of sp³-hybridized carbons (Fsp3) is 0.375. The summed E-state index contributed by atoms with van der Waals surface area (Å²) in [5, 5.41) is 15.2. The summed E-state index contributed by atoms with van der Waals surface area (Å²) >= 11 is 13.7. The Morgan fingerprint density at radius 2 is 2.19 bits per heavy atom. The standard InChI is InChI=1S/C16H16Cl2N6O2S/c17-11-9(4-5-20-14(11)19)27-16-12-15(22-13(18)8(7-25)21-12)24(23-16)10-3-1-2-6-26-10/h4-5,10,25H,1-3,6-7H2,(H2,19,20). The Kier molecular flexibility index (Phi) is 5.38. The van der Waals surface area contributed by atoms with Gasteiger partial charge in [-0.2, -0.15) is 5.10 Å². The van der Waals surface area contributed by atoms with Crippen LogP contribution in [0.15, 0.2) is 22.2 Å². The number of nitrogens with two attached hydrogens (primary N) is 1. The van der Waals surface area contributed by atoms with Crippen molar-refractivity contribution in [2.24, 2.45) is 0 Å². The normalized spacial score (nSPS) is 17.5. The quantitative estimate of drug-likeness (QED) is 0.651. The van der Waals surface area contributed by atoms with Crippen molar-refractivity contribution in [1.82, 2.24) is 24.7 Å². The Labute approximate surface area is 169 Å². The number of halogens is 2. The van der Waals surface area contributed by atoms with Crippen LogP contribution in [0.2, 0.25) is 10.2 Å². The molecule has 4 heterocycles. The molecule has 3 aromatic rings. The molecule has 1 unspecified atom stereocenters. The molecule has 0 spiro atoms. The predicted molar refractivity (Wildman–Crippen MR) is 103 cm³/mol. The van der Waals surface area contributed by atoms with Crippen LogP contribution in [0.3, 0.4) is 0 Å². The first kappa shape index (κ1) is 18.7. The van der Waals surface area contributed by atoms with Crippen LogP contribution in [0, 0.1) is 0 Å². The number of hydrogen-bond donors (Lipinski definition) is 2. The second-order valence-electron chi connectivity index (χ2n) is 5.97. The van der Waals surface area contributed by atoms with Gasteiger partial charge in [0, 0.05) is 17.7 Å². The van der Waals surface area contributed by atoms with Gasteiger partial charge in [-0.15, -0.1) is 0 Å². The Morgan fingerprint density at radius 1 is 1.33 bits per heavy atom. The van der Waals surface area contributed by atoms with Crippen LogP contribution in [0.4, 0.5) is 5.82 Å². The molecule has 4 rings (SSSR count). The molecule has 0 aromatic carbocycles. The lowest BCUT2D eigenvalue weighted by atomic mass is 10.2. The molecule has 27 heavy (non-hydrogen) atoms. The lowest BCUT2D eigenvalue weighted by Crippen LogP contribution is -2.19. The number of nitrogen functional groups attached to an aromatic ring is 1. The van der Waals surface area contributed by atoms with E-state index in [1.165, 1.54) is 11.8 Å². The zero-order chi connectivity index (χ0) is 19.0. The van der Waals surface area contributed by atoms with Crippen molar-refractivity contribution in [2.45, 2.75) is 42.0 Å². The number of aromatic nitrogens is 5. The minimum atomic E-state index is -0.319. The summed E-state index contributed by atoms with van der Waals surface area (Å²) in [6, 6.07) is 1.75. The topological polar surface area (TPSA) is 112 Å². The van der Waals surface area contributed by atoms with E-state index in [0.29, 0.717) is 32.7 Å². The molecule has 0 saturated carbocycles. The van der Waals surface area contributed by atoms with Crippen molar-refractivity contribution < 1.29 is 9.84 Å². The van der Waals surface area contributed by atoms with Gasteiger partial charge in [0.2, 0.25) is 0 Å². The largest absolute Gasteiger partial charge is 0.390 e. The molecule has 0 amide bonds. The third-order valence-corrected chi connectivity index (χ3v) is 6.02. The van der Waals surface area contributed by atoms with Crippen LogP contribution in [-0.4, -0.2) is 36.4 Å². The van der Waals surface area contributed by atoms with E-state index in [2.05, 4.69) is 20.1 Å². The van der Waals surface area contributed by atoms with Crippen LogP contribution in [0.1, 0.15) is 31.2 Å². The minimum Gasteiger partial charge on any atom is -0.390 e. The summed E-state index contributed by atoms with van der Waals surface area (Å²) in [5.41, 5.74) is 7.11. The van der Waals surface area contributed by atoms with Gasteiger partial charge < -0.3 is 15.6 Å². The summed E-state index contributed by atoms with van der Waals surface area (Å²) in [4.78, 5) is 13.5. The van der Waals surface area contributed by atoms with Crippen molar-refractivity contribution in [3.05, 3.63) is 28.1 Å². The molecule has 142 valence electrons. The van der Waals surface area contributed by atoms with Gasteiger partial charge in [-0.05, 0) is 25.3 Å². The van der Waals surface area contributed by atoms with Gasteiger partial charge in [-0.1, -0.05) is 35.0 Å². The van der Waals surface area contributed by atoms with Crippen LogP contribution in [0.5, 0.6) is 0 Å². The SMILES string of the molecule is Nc1nccc(Sc2nn(C3CCCCO3)c3nc(Cl)c(CO)nc23)c1Cl. The van der Waals surface area contributed by atoms with Crippen LogP contribution >= 0.6 is 35.0 Å². The fourth-order valence-electron chi connectivity index (χ4n) is 2.85. The van der Waals surface area contributed by atoms with Crippen molar-refractivity contribution in [2.75, 3.05) is 12.3 Å². The molecule has 0 aliphatic carbocycles. The first-order valence-electron chi connectivity index (χ1n) is 8.33. The van der Waals surface area contributed by atoms with Gasteiger partial charge in [-0.25, -0.2) is 19.6 Å². The van der Waals surface area contributed by atoms with Crippen LogP contribution in [0.25, 0.3) is 11.2 Å². The highest BCUT2D eigenvalue weighted by atomic mass is 35.5. The van der Waals surface area contributed by atoms with E-state index in [0.717, 1.165) is 19.3 Å². The highest BCUT2D eigenvalue weighted by Crippen LogP contribution is 2.39. The van der Waals surface area contributed by atoms with Crippen LogP contribution in [-0.2, 0) is 11.3 Å². The van der Waals surface area contributed by atoms with Gasteiger partial charge >= 0.3 is 0 Å². The Hall–Kier alpha value is -1.65. The predicted octanol–water partition coefficient (Wildman–Crippen LogP) is 3.45. The molecule has 3 aromatic heterocycles. The molecule has 1 fully saturated rings. The molecule has 0 bridgehead atoms. The number of ether oxygens (including phenoxy) is 1. The third-order valence-electron chi connectivity index (χ3n) is 4.18. The summed E-state index contributed by atoms with van der Waals surface area (Å²) in [7, 11) is 0. The van der Waals surface area contributed by atoms with Crippen molar-refractivity contribution in [1.29, 1.82) is 0 Å². The van der Waals surface area contributed by atoms with E-state index in [1.807, 2.05) is 0 Å². The van der Waals surface area contributed by atoms with E-state index in [9.17, 15) is 5.11 Å². The smallest absolute Gasteiger partial charge is 0.182 e. The fourth-order valence-corrected chi connectivity index (χ4v) is 4.15. The number of fused-ring (bicyclic) bond motifs is 1. The average Bonchev–Trinajstić information content (AvgIpc) is 3.02. The van der Waals surface area contributed by atoms with E-state index < -0.39 is 0 Å². The minimum absolute atomic E-state index is 0.143. The number of aliphatic hydroxyl groups excluding tert-OH is 1. The summed E-state index contributed by atoms with van der Waals surface area (Å²) in [6.07, 6.45) is 4.22. The van der Waals surface area contributed by atoms with Gasteiger partial charge in [0.05, 0.1) is 11.6 Å². The maximum atomic E-state index is 9.50. The maximum absolute atomic E-state index is 9.50. The van der Waals surface area contributed by atoms with E-state index in [4.69, 9.17) is 33.7 Å². The summed E-state index contributed by atoms with van der Waals surface area (Å²) in [5.74, 6) is 0.242. The van der Waals surface area contributed by atoms with Gasteiger partial charge in [0.25, 0.3) is 0 Å². The monoisotopic (exact) mass is 426 g/mol. The van der Waals surface area contributed by atoms with Crippen molar-refractivity contribution >= 4 is 51.9 Å². The number of anilines is 1. The lowest BCUT2D eigenvalue weighted by molar-refractivity contribution is -0.0376. The molecule has 1 aliphatic heterocycles. The first-order chi connectivity index (χ1) is 13.1. The molecule has 1 saturated heterocycles. The molecule has 1 atom stereocenters. The van der Waals surface area contributed by atoms with Gasteiger partial charge in [-0.3, -0.25) is 0 Å². The second-order valence-corrected chi connectivity index (χ2v) is 7.74. The zero-order valence-electron chi connectivity index (χ0n) is 14.1. The van der Waals surface area contributed by atoms with Gasteiger partial charge in [0.15, 0.2) is 22.1 Å². The highest BCUT2D eigenvalue weighted by molar-refractivity contribution is 7.99. The summed E-state index contributed by atoms with van der Waals surface area (Å²) in [6.45, 7) is 0.344. The van der Waals surface area contributed by atoms with E-state index in [-0.39, 0.29) is 29.5 Å². The van der Waals surface area contributed by atoms with Crippen molar-refractivity contribution in [3.63, 3.8) is 0 Å². The lowest BCUT2D eigenvalue weighted by Gasteiger charge is -2.22. The molecule has 0 radical (unpaired) electrons. The third kappa shape index (κ3) is 3.57. The maximum Gasteiger partial charge on any atom is 0.182 e. The molecular weight excluding hydrogens is 411 g/mol. The average molecular weight is 427 g/mol. The number of aliphatic hydroxyl groups is 1. The van der Waals surface area contributed by atoms with E-state index in [1.54, 1.807) is 16.9 Å². The molecule has 11 heteroatoms. The zero-order valence-corrected chi connectivity index (χ0v) is 16.4. The van der Waals surface area contributed by atoms with Crippen LogP contribution < -0.4 is 5.73 Å². The first-order valence-corrected chi connectivity index (χ1v) is 9.90. The number of nitrogens with zero attached hydrogens (tertiary/aromatic N) is 5. The molecule has 1 aliphatic rings. The van der Waals surface area contributed by atoms with Gasteiger partial charge in [0.1, 0.15) is 17.0 Å². The highest BCUT2D eigenvalue weighted by Gasteiger charge is 2.25. The van der Waals surface area contributed by atoms with E-state index >= 15 is 0 Å². The molecular formula is C16H16Cl2N6O2S. The molecule has 3 N–H and O–H groups in total. The second kappa shape index (κ2) is 7.76. The number of pyridine rings is 1. The molecule has 8 nitrogen and oxygen atoms in total. The number of rotatable bonds is 4. The summed E-state index contributed by atoms with van der Waals surface area (Å²) < 4.78 is 7.55. The van der Waals surface area contributed by atoms with Crippen molar-refractivity contribution in [3.8, 4) is 0 Å². The Bertz CT molecular complexity index is 993. The Morgan fingerprint density at radius 3 is 2.93 bits per heavy atom. The Balaban J connectivity index is 1.84.